The Kier molecular flexibility index (Phi) is 45.9. The molecule has 2 amide bonds. The quantitative estimate of drug-likeness (QED) is 0.0211. The number of carbonyl (C=O) groups excluding carboxylic acids is 2. The molecule has 0 aromatic heterocycles. The number of hydrogen-bond donors (Lipinski definition) is 14. The van der Waals surface area contributed by atoms with Gasteiger partial charge in [-0.1, -0.05) is 224 Å². The molecule has 3 aliphatic rings. The number of amides is 2. The second-order valence-electron chi connectivity index (χ2n) is 26.4. The maximum atomic E-state index is 13.5. The molecular formula is C70H128N2O21. The highest BCUT2D eigenvalue weighted by atomic mass is 16.8. The minimum absolute atomic E-state index is 0.200. The minimum atomic E-state index is -3.08. The number of carbonyl (C=O) groups is 3. The fourth-order valence-corrected chi connectivity index (χ4v) is 12.6. The van der Waals surface area contributed by atoms with Crippen molar-refractivity contribution in [2.24, 2.45) is 0 Å². The largest absolute Gasteiger partial charge is 0.477 e. The fourth-order valence-electron chi connectivity index (χ4n) is 12.6. The van der Waals surface area contributed by atoms with Gasteiger partial charge in [0.15, 0.2) is 12.6 Å². The van der Waals surface area contributed by atoms with Gasteiger partial charge in [-0.25, -0.2) is 4.79 Å². The summed E-state index contributed by atoms with van der Waals surface area (Å²) in [5.41, 5.74) is 0. The fraction of sp³-hybridized carbons (Fsp3) is 0.900. The Hall–Kier alpha value is -2.79. The lowest BCUT2D eigenvalue weighted by molar-refractivity contribution is -0.386. The van der Waals surface area contributed by atoms with Crippen LogP contribution in [0.4, 0.5) is 0 Å². The molecule has 18 unspecified atom stereocenters. The molecule has 0 bridgehead atoms. The van der Waals surface area contributed by atoms with Crippen molar-refractivity contribution in [3.8, 4) is 0 Å². The van der Waals surface area contributed by atoms with Crippen molar-refractivity contribution in [1.82, 2.24) is 10.6 Å². The van der Waals surface area contributed by atoms with E-state index in [9.17, 15) is 75.7 Å². The van der Waals surface area contributed by atoms with E-state index in [1.54, 1.807) is 6.08 Å². The van der Waals surface area contributed by atoms with Crippen molar-refractivity contribution >= 4 is 17.8 Å². The highest BCUT2D eigenvalue weighted by Gasteiger charge is 2.60. The van der Waals surface area contributed by atoms with Gasteiger partial charge in [0.2, 0.25) is 11.8 Å². The summed E-state index contributed by atoms with van der Waals surface area (Å²) in [6, 6.07) is -2.62. The van der Waals surface area contributed by atoms with Gasteiger partial charge in [0.25, 0.3) is 5.79 Å². The van der Waals surface area contributed by atoms with Gasteiger partial charge in [-0.15, -0.1) is 0 Å². The molecular weight excluding hydrogens is 1200 g/mol. The number of carboxylic acid groups (broad SMARTS) is 1. The van der Waals surface area contributed by atoms with E-state index in [2.05, 4.69) is 36.6 Å². The monoisotopic (exact) mass is 1330 g/mol. The summed E-state index contributed by atoms with van der Waals surface area (Å²) in [5.74, 6) is -6.14. The molecule has 0 aromatic rings. The molecule has 3 aliphatic heterocycles. The number of aliphatic hydroxyl groups is 11. The zero-order valence-corrected chi connectivity index (χ0v) is 56.9. The Labute approximate surface area is 555 Å². The molecule has 3 heterocycles. The minimum Gasteiger partial charge on any atom is -0.477 e. The van der Waals surface area contributed by atoms with E-state index in [-0.39, 0.29) is 12.3 Å². The first kappa shape index (κ1) is 84.4. The molecule has 23 nitrogen and oxygen atoms in total. The van der Waals surface area contributed by atoms with Crippen molar-refractivity contribution in [3.63, 3.8) is 0 Å². The normalized spacial score (nSPS) is 28.2. The molecule has 0 spiro atoms. The summed E-state index contributed by atoms with van der Waals surface area (Å²) in [4.78, 5) is 38.5. The number of rotatable bonds is 55. The maximum Gasteiger partial charge on any atom is 0.364 e. The van der Waals surface area contributed by atoms with Gasteiger partial charge in [0.05, 0.1) is 50.7 Å². The van der Waals surface area contributed by atoms with Gasteiger partial charge < -0.3 is 100 Å². The average molecular weight is 1330 g/mol. The predicted molar refractivity (Wildman–Crippen MR) is 352 cm³/mol. The van der Waals surface area contributed by atoms with E-state index in [4.69, 9.17) is 28.4 Å². The highest BCUT2D eigenvalue weighted by Crippen LogP contribution is 2.39. The number of aliphatic carboxylic acids is 1. The first-order valence-electron chi connectivity index (χ1n) is 36.2. The van der Waals surface area contributed by atoms with E-state index in [1.165, 1.54) is 173 Å². The van der Waals surface area contributed by atoms with Crippen molar-refractivity contribution in [1.29, 1.82) is 0 Å². The van der Waals surface area contributed by atoms with Crippen molar-refractivity contribution < 1.29 is 104 Å². The van der Waals surface area contributed by atoms with Gasteiger partial charge in [0.1, 0.15) is 67.1 Å². The Balaban J connectivity index is 1.52. The van der Waals surface area contributed by atoms with Crippen LogP contribution in [0, 0.1) is 0 Å². The third-order valence-corrected chi connectivity index (χ3v) is 18.4. The number of hydrogen-bond acceptors (Lipinski definition) is 20. The van der Waals surface area contributed by atoms with E-state index >= 15 is 0 Å². The molecule has 544 valence electrons. The van der Waals surface area contributed by atoms with Crippen LogP contribution in [0.25, 0.3) is 0 Å². The summed E-state index contributed by atoms with van der Waals surface area (Å²) in [7, 11) is 0. The molecule has 93 heavy (non-hydrogen) atoms. The molecule has 18 atom stereocenters. The van der Waals surface area contributed by atoms with Gasteiger partial charge >= 0.3 is 5.97 Å². The van der Waals surface area contributed by atoms with Crippen molar-refractivity contribution in [2.75, 3.05) is 26.4 Å². The van der Waals surface area contributed by atoms with Crippen LogP contribution in [-0.2, 0) is 42.8 Å². The second kappa shape index (κ2) is 50.5. The molecule has 3 saturated heterocycles. The lowest BCUT2D eigenvalue weighted by atomic mass is 9.88. The third kappa shape index (κ3) is 32.6. The maximum absolute atomic E-state index is 13.5. The van der Waals surface area contributed by atoms with Crippen LogP contribution in [0.3, 0.4) is 0 Å². The topological polar surface area (TPSA) is 373 Å². The van der Waals surface area contributed by atoms with Gasteiger partial charge in [-0.3, -0.25) is 9.59 Å². The number of nitrogens with one attached hydrogen (secondary N) is 2. The van der Waals surface area contributed by atoms with Crippen LogP contribution in [-0.4, -0.2) is 215 Å². The van der Waals surface area contributed by atoms with Crippen LogP contribution in [0.5, 0.6) is 0 Å². The SMILES string of the molecule is CCCCCCCCCCCC/C=C/C(O)C(COC1OC(CO)C(OC2OC(CO)C(O)C(OC3(C(=O)O)CC(O)C(NC(C)=O)C(C(O)C(O)CO)O3)C2O)C(O)C1O)NC(=O)CCCCCCCCCCCCC/C=C\CCCCCCCCCCCCCC. The molecule has 0 aromatic carbocycles. The lowest BCUT2D eigenvalue weighted by Crippen LogP contribution is -2.70. The Bertz CT molecular complexity index is 1970. The molecule has 3 rings (SSSR count). The number of aliphatic hydroxyl groups excluding tert-OH is 11. The van der Waals surface area contributed by atoms with Gasteiger partial charge in [-0.05, 0) is 44.9 Å². The number of carboxylic acids is 1. The average Bonchev–Trinajstić information content (AvgIpc) is 0.787. The number of ether oxygens (including phenoxy) is 6. The van der Waals surface area contributed by atoms with Crippen LogP contribution in [0.15, 0.2) is 24.3 Å². The Morgan fingerprint density at radius 2 is 1.01 bits per heavy atom. The van der Waals surface area contributed by atoms with E-state index in [1.807, 2.05) is 6.08 Å². The molecule has 0 radical (unpaired) electrons. The van der Waals surface area contributed by atoms with Crippen LogP contribution in [0.2, 0.25) is 0 Å². The summed E-state index contributed by atoms with van der Waals surface area (Å²) in [6.07, 6.45) is 22.4. The first-order chi connectivity index (χ1) is 44.9. The first-order valence-corrected chi connectivity index (χ1v) is 36.2. The standard InChI is InChI=1S/C70H128N2O21/c1-4-6-8-10-12-14-16-18-19-20-21-22-23-24-25-26-27-28-29-30-31-32-34-36-38-40-42-44-57(80)72-51(52(77)43-41-39-37-35-33-17-15-13-11-9-7-5-2)49-88-67-62(84)61(83)64(56(48-75)90-67)91-68-63(85)66(60(82)55(47-74)89-68)93-70(69(86)87)45-53(78)58(71-50(3)76)65(92-70)59(81)54(79)46-73/h24-25,41,43,51-56,58-68,73-75,77-79,81-85H,4-23,26-40,42,44-49H2,1-3H3,(H,71,76)(H,72,80)(H,86,87)/b25-24-,43-41+. The van der Waals surface area contributed by atoms with Crippen molar-refractivity contribution in [2.45, 2.75) is 375 Å². The third-order valence-electron chi connectivity index (χ3n) is 18.4. The lowest BCUT2D eigenvalue weighted by Gasteiger charge is -2.50. The van der Waals surface area contributed by atoms with E-state index < -0.39 is 155 Å². The summed E-state index contributed by atoms with van der Waals surface area (Å²) >= 11 is 0. The Morgan fingerprint density at radius 3 is 1.46 bits per heavy atom. The predicted octanol–water partition coefficient (Wildman–Crippen LogP) is 7.23. The smallest absolute Gasteiger partial charge is 0.364 e. The van der Waals surface area contributed by atoms with Gasteiger partial charge in [0, 0.05) is 19.8 Å². The zero-order chi connectivity index (χ0) is 68.2. The zero-order valence-electron chi connectivity index (χ0n) is 56.9. The van der Waals surface area contributed by atoms with Crippen LogP contribution < -0.4 is 10.6 Å². The number of unbranched alkanes of at least 4 members (excludes halogenated alkanes) is 33. The van der Waals surface area contributed by atoms with E-state index in [0.29, 0.717) is 12.8 Å². The summed E-state index contributed by atoms with van der Waals surface area (Å²) in [5, 5.41) is 136. The Morgan fingerprint density at radius 1 is 0.559 bits per heavy atom. The summed E-state index contributed by atoms with van der Waals surface area (Å²) < 4.78 is 34.8. The molecule has 0 saturated carbocycles. The molecule has 23 heteroatoms. The van der Waals surface area contributed by atoms with Crippen LogP contribution in [0.1, 0.15) is 265 Å². The number of allylic oxidation sites excluding steroid dienone is 3. The molecule has 0 aliphatic carbocycles. The molecule has 14 N–H and O–H groups in total. The van der Waals surface area contributed by atoms with Gasteiger partial charge in [-0.2, -0.15) is 0 Å². The highest BCUT2D eigenvalue weighted by molar-refractivity contribution is 5.77. The molecule has 3 fully saturated rings. The van der Waals surface area contributed by atoms with Crippen LogP contribution >= 0.6 is 0 Å². The second-order valence-corrected chi connectivity index (χ2v) is 26.4. The van der Waals surface area contributed by atoms with E-state index in [0.717, 1.165) is 51.9 Å². The van der Waals surface area contributed by atoms with Crippen molar-refractivity contribution in [3.05, 3.63) is 24.3 Å². The summed E-state index contributed by atoms with van der Waals surface area (Å²) in [6.45, 7) is 2.13.